The first-order valence-corrected chi connectivity index (χ1v) is 9.79. The first-order chi connectivity index (χ1) is 12.0. The highest BCUT2D eigenvalue weighted by molar-refractivity contribution is 7.99. The SMILES string of the molecule is Cc1ccc(-c2nnc(SCC(=O)N3[C@H](C)CCC[C@H]3C)o2)cc1C. The van der Waals surface area contributed by atoms with Crippen LogP contribution in [0.1, 0.15) is 44.2 Å². The molecule has 0 saturated carbocycles. The topological polar surface area (TPSA) is 59.2 Å². The molecule has 2 heterocycles. The Labute approximate surface area is 153 Å². The maximum atomic E-state index is 12.6. The molecule has 3 rings (SSSR count). The van der Waals surface area contributed by atoms with Gasteiger partial charge in [0, 0.05) is 17.6 Å². The summed E-state index contributed by atoms with van der Waals surface area (Å²) >= 11 is 1.32. The molecule has 0 aliphatic carbocycles. The van der Waals surface area contributed by atoms with Gasteiger partial charge in [0.25, 0.3) is 5.22 Å². The molecular weight excluding hydrogens is 334 g/mol. The lowest BCUT2D eigenvalue weighted by Crippen LogP contribution is -2.48. The van der Waals surface area contributed by atoms with Gasteiger partial charge in [0.15, 0.2) is 0 Å². The van der Waals surface area contributed by atoms with E-state index < -0.39 is 0 Å². The van der Waals surface area contributed by atoms with Crippen LogP contribution in [0.2, 0.25) is 0 Å². The van der Waals surface area contributed by atoms with Crippen LogP contribution in [0.25, 0.3) is 11.5 Å². The summed E-state index contributed by atoms with van der Waals surface area (Å²) < 4.78 is 5.73. The minimum atomic E-state index is 0.149. The normalized spacial score (nSPS) is 20.7. The molecule has 25 heavy (non-hydrogen) atoms. The number of thioether (sulfide) groups is 1. The maximum Gasteiger partial charge on any atom is 0.277 e. The van der Waals surface area contributed by atoms with E-state index >= 15 is 0 Å². The van der Waals surface area contributed by atoms with Crippen LogP contribution in [0.5, 0.6) is 0 Å². The summed E-state index contributed by atoms with van der Waals surface area (Å²) in [7, 11) is 0. The smallest absolute Gasteiger partial charge is 0.277 e. The Morgan fingerprint density at radius 1 is 1.20 bits per heavy atom. The van der Waals surface area contributed by atoms with Crippen molar-refractivity contribution in [1.29, 1.82) is 0 Å². The van der Waals surface area contributed by atoms with Gasteiger partial charge in [0.2, 0.25) is 11.8 Å². The Balaban J connectivity index is 1.63. The van der Waals surface area contributed by atoms with Crippen LogP contribution in [0.15, 0.2) is 27.8 Å². The van der Waals surface area contributed by atoms with E-state index in [1.165, 1.54) is 29.3 Å². The first-order valence-electron chi connectivity index (χ1n) is 8.81. The molecule has 5 nitrogen and oxygen atoms in total. The van der Waals surface area contributed by atoms with E-state index in [0.717, 1.165) is 18.4 Å². The van der Waals surface area contributed by atoms with Crippen molar-refractivity contribution in [1.82, 2.24) is 15.1 Å². The van der Waals surface area contributed by atoms with Crippen LogP contribution in [-0.2, 0) is 4.79 Å². The predicted octanol–water partition coefficient (Wildman–Crippen LogP) is 4.24. The van der Waals surface area contributed by atoms with Gasteiger partial charge in [-0.2, -0.15) is 0 Å². The van der Waals surface area contributed by atoms with Crippen LogP contribution in [0, 0.1) is 13.8 Å². The molecule has 0 unspecified atom stereocenters. The van der Waals surface area contributed by atoms with Gasteiger partial charge in [0.1, 0.15) is 0 Å². The Morgan fingerprint density at radius 2 is 1.92 bits per heavy atom. The highest BCUT2D eigenvalue weighted by atomic mass is 32.2. The van der Waals surface area contributed by atoms with E-state index in [0.29, 0.717) is 29.0 Å². The number of amides is 1. The highest BCUT2D eigenvalue weighted by Gasteiger charge is 2.29. The molecule has 134 valence electrons. The van der Waals surface area contributed by atoms with Crippen molar-refractivity contribution in [3.63, 3.8) is 0 Å². The van der Waals surface area contributed by atoms with Gasteiger partial charge < -0.3 is 9.32 Å². The minimum absolute atomic E-state index is 0.149. The fraction of sp³-hybridized carbons (Fsp3) is 0.526. The maximum absolute atomic E-state index is 12.6. The Bertz CT molecular complexity index is 749. The molecule has 0 N–H and O–H groups in total. The molecule has 0 spiro atoms. The lowest BCUT2D eigenvalue weighted by atomic mass is 9.98. The van der Waals surface area contributed by atoms with Crippen molar-refractivity contribution in [3.8, 4) is 11.5 Å². The van der Waals surface area contributed by atoms with Crippen molar-refractivity contribution >= 4 is 17.7 Å². The van der Waals surface area contributed by atoms with Crippen molar-refractivity contribution in [2.24, 2.45) is 0 Å². The zero-order chi connectivity index (χ0) is 18.0. The largest absolute Gasteiger partial charge is 0.411 e. The van der Waals surface area contributed by atoms with Crippen LogP contribution in [0.4, 0.5) is 0 Å². The van der Waals surface area contributed by atoms with Gasteiger partial charge in [-0.05, 0) is 70.2 Å². The van der Waals surface area contributed by atoms with E-state index in [4.69, 9.17) is 4.42 Å². The molecule has 1 amide bonds. The second-order valence-electron chi connectivity index (χ2n) is 6.89. The van der Waals surface area contributed by atoms with Crippen molar-refractivity contribution in [2.75, 3.05) is 5.75 Å². The summed E-state index contributed by atoms with van der Waals surface area (Å²) in [6.07, 6.45) is 3.36. The fourth-order valence-electron chi connectivity index (χ4n) is 3.37. The lowest BCUT2D eigenvalue weighted by molar-refractivity contribution is -0.134. The summed E-state index contributed by atoms with van der Waals surface area (Å²) in [5.41, 5.74) is 3.33. The number of likely N-dealkylation sites (tertiary alicyclic amines) is 1. The molecule has 1 fully saturated rings. The predicted molar refractivity (Wildman–Crippen MR) is 99.6 cm³/mol. The molecule has 1 saturated heterocycles. The van der Waals surface area contributed by atoms with Crippen molar-refractivity contribution in [2.45, 2.75) is 64.3 Å². The third kappa shape index (κ3) is 4.06. The van der Waals surface area contributed by atoms with E-state index in [1.807, 2.05) is 23.1 Å². The van der Waals surface area contributed by atoms with Crippen LogP contribution in [0.3, 0.4) is 0 Å². The van der Waals surface area contributed by atoms with Gasteiger partial charge in [-0.1, -0.05) is 17.8 Å². The summed E-state index contributed by atoms with van der Waals surface area (Å²) in [6.45, 7) is 8.39. The first kappa shape index (κ1) is 18.0. The third-order valence-corrected chi connectivity index (χ3v) is 5.76. The van der Waals surface area contributed by atoms with Gasteiger partial charge in [-0.25, -0.2) is 0 Å². The molecule has 2 atom stereocenters. The van der Waals surface area contributed by atoms with E-state index in [-0.39, 0.29) is 5.91 Å². The summed E-state index contributed by atoms with van der Waals surface area (Å²) in [5, 5.41) is 8.63. The van der Waals surface area contributed by atoms with Gasteiger partial charge in [-0.3, -0.25) is 4.79 Å². The second-order valence-corrected chi connectivity index (χ2v) is 7.82. The van der Waals surface area contributed by atoms with Crippen LogP contribution < -0.4 is 0 Å². The average Bonchev–Trinajstić information content (AvgIpc) is 3.04. The zero-order valence-corrected chi connectivity index (χ0v) is 16.1. The molecular formula is C19H25N3O2S. The molecule has 2 aromatic rings. The monoisotopic (exact) mass is 359 g/mol. The number of rotatable bonds is 4. The highest BCUT2D eigenvalue weighted by Crippen LogP contribution is 2.27. The van der Waals surface area contributed by atoms with E-state index in [1.54, 1.807) is 0 Å². The van der Waals surface area contributed by atoms with Crippen LogP contribution in [-0.4, -0.2) is 38.8 Å². The van der Waals surface area contributed by atoms with E-state index in [2.05, 4.69) is 37.9 Å². The van der Waals surface area contributed by atoms with Gasteiger partial charge in [0.05, 0.1) is 5.75 Å². The summed E-state index contributed by atoms with van der Waals surface area (Å²) in [5.74, 6) is 0.983. The Hall–Kier alpha value is -1.82. The summed E-state index contributed by atoms with van der Waals surface area (Å²) in [6, 6.07) is 6.69. The lowest BCUT2D eigenvalue weighted by Gasteiger charge is -2.39. The molecule has 6 heteroatoms. The summed E-state index contributed by atoms with van der Waals surface area (Å²) in [4.78, 5) is 14.6. The number of aryl methyl sites for hydroxylation is 2. The Morgan fingerprint density at radius 3 is 2.60 bits per heavy atom. The molecule has 1 aromatic carbocycles. The molecule has 1 aromatic heterocycles. The number of carbonyl (C=O) groups is 1. The number of nitrogens with zero attached hydrogens (tertiary/aromatic N) is 3. The van der Waals surface area contributed by atoms with Crippen LogP contribution >= 0.6 is 11.8 Å². The number of carbonyl (C=O) groups excluding carboxylic acids is 1. The van der Waals surface area contributed by atoms with E-state index in [9.17, 15) is 4.79 Å². The van der Waals surface area contributed by atoms with Crippen molar-refractivity contribution in [3.05, 3.63) is 29.3 Å². The molecule has 0 bridgehead atoms. The third-order valence-electron chi connectivity index (χ3n) is 4.96. The van der Waals surface area contributed by atoms with Crippen molar-refractivity contribution < 1.29 is 9.21 Å². The second kappa shape index (κ2) is 7.60. The Kier molecular flexibility index (Phi) is 5.47. The number of piperidine rings is 1. The quantitative estimate of drug-likeness (QED) is 0.764. The van der Waals surface area contributed by atoms with Gasteiger partial charge >= 0.3 is 0 Å². The zero-order valence-electron chi connectivity index (χ0n) is 15.3. The standard InChI is InChI=1S/C19H25N3O2S/c1-12-8-9-16(10-13(12)2)18-20-21-19(24-18)25-11-17(23)22-14(3)6-5-7-15(22)4/h8-10,14-15H,5-7,11H2,1-4H3/t14-,15-/m1/s1. The number of benzene rings is 1. The molecule has 1 aliphatic rings. The molecule has 0 radical (unpaired) electrons. The van der Waals surface area contributed by atoms with Gasteiger partial charge in [-0.15, -0.1) is 10.2 Å². The molecule has 1 aliphatic heterocycles. The minimum Gasteiger partial charge on any atom is -0.411 e. The fourth-order valence-corrected chi connectivity index (χ4v) is 4.00. The number of hydrogen-bond donors (Lipinski definition) is 0. The average molecular weight is 359 g/mol. The number of aromatic nitrogens is 2. The number of hydrogen-bond acceptors (Lipinski definition) is 5.